The lowest BCUT2D eigenvalue weighted by atomic mass is 10.3. The highest BCUT2D eigenvalue weighted by Crippen LogP contribution is 2.00. The van der Waals surface area contributed by atoms with E-state index in [0.29, 0.717) is 0 Å². The summed E-state index contributed by atoms with van der Waals surface area (Å²) in [6.45, 7) is 10.1. The summed E-state index contributed by atoms with van der Waals surface area (Å²) in [6, 6.07) is 1.13. The van der Waals surface area contributed by atoms with Gasteiger partial charge in [-0.15, -0.1) is 0 Å². The lowest BCUT2D eigenvalue weighted by Gasteiger charge is -2.14. The van der Waals surface area contributed by atoms with Crippen LogP contribution in [0.5, 0.6) is 0 Å². The smallest absolute Gasteiger partial charge is 0.321 e. The summed E-state index contributed by atoms with van der Waals surface area (Å²) in [5.41, 5.74) is 0. The second kappa shape index (κ2) is 12.2. The quantitative estimate of drug-likeness (QED) is 0.438. The van der Waals surface area contributed by atoms with Crippen LogP contribution in [0.25, 0.3) is 0 Å². The van der Waals surface area contributed by atoms with Crippen molar-refractivity contribution in [2.45, 2.75) is 46.1 Å². The maximum absolute atomic E-state index is 5.60. The van der Waals surface area contributed by atoms with Crippen LogP contribution >= 0.6 is 0 Å². The first-order chi connectivity index (χ1) is 7.35. The predicted octanol–water partition coefficient (Wildman–Crippen LogP) is 2.06. The van der Waals surface area contributed by atoms with Crippen LogP contribution in [0.15, 0.2) is 0 Å². The number of hydrogen-bond acceptors (Lipinski definition) is 3. The van der Waals surface area contributed by atoms with E-state index in [1.165, 1.54) is 19.3 Å². The molecule has 0 aromatic heterocycles. The van der Waals surface area contributed by atoms with Crippen molar-refractivity contribution in [2.75, 3.05) is 26.3 Å². The fourth-order valence-corrected chi connectivity index (χ4v) is 3.12. The summed E-state index contributed by atoms with van der Waals surface area (Å²) >= 11 is 0. The van der Waals surface area contributed by atoms with Crippen LogP contribution < -0.4 is 5.32 Å². The third-order valence-electron chi connectivity index (χ3n) is 2.21. The van der Waals surface area contributed by atoms with E-state index >= 15 is 0 Å². The van der Waals surface area contributed by atoms with E-state index in [0.717, 1.165) is 32.3 Å². The lowest BCUT2D eigenvalue weighted by molar-refractivity contribution is 0.212. The van der Waals surface area contributed by atoms with Crippen LogP contribution in [-0.4, -0.2) is 35.6 Å². The van der Waals surface area contributed by atoms with Gasteiger partial charge in [0.1, 0.15) is 0 Å². The van der Waals surface area contributed by atoms with Crippen LogP contribution in [0.3, 0.4) is 0 Å². The van der Waals surface area contributed by atoms with E-state index in [1.54, 1.807) is 0 Å². The Labute approximate surface area is 96.4 Å². The molecule has 0 saturated carbocycles. The molecule has 0 aliphatic rings. The second-order valence-corrected chi connectivity index (χ2v) is 5.69. The minimum atomic E-state index is -1.33. The molecular weight excluding hydrogens is 206 g/mol. The molecule has 0 atom stereocenters. The third-order valence-corrected chi connectivity index (χ3v) is 4.50. The Hall–Kier alpha value is 0.0969. The molecule has 92 valence electrons. The van der Waals surface area contributed by atoms with E-state index in [1.807, 2.05) is 13.8 Å². The standard InChI is InChI=1S/C11H27NO2Si/c1-4-7-9-12-10-8-11-15(13-5-2)14-6-3/h12,15H,4-11H2,1-3H3. The third kappa shape index (κ3) is 10.4. The molecule has 0 saturated heterocycles. The highest BCUT2D eigenvalue weighted by atomic mass is 28.3. The van der Waals surface area contributed by atoms with Gasteiger partial charge in [-0.05, 0) is 45.8 Å². The molecule has 0 aliphatic heterocycles. The first kappa shape index (κ1) is 15.1. The van der Waals surface area contributed by atoms with Crippen molar-refractivity contribution in [1.29, 1.82) is 0 Å². The first-order valence-corrected chi connectivity index (χ1v) is 8.04. The summed E-state index contributed by atoms with van der Waals surface area (Å²) in [5, 5.41) is 3.44. The molecule has 0 spiro atoms. The zero-order chi connectivity index (χ0) is 11.4. The van der Waals surface area contributed by atoms with Crippen molar-refractivity contribution < 1.29 is 8.85 Å². The molecule has 0 aromatic rings. The maximum Gasteiger partial charge on any atom is 0.321 e. The van der Waals surface area contributed by atoms with Gasteiger partial charge in [0.2, 0.25) is 0 Å². The van der Waals surface area contributed by atoms with Crippen LogP contribution in [-0.2, 0) is 8.85 Å². The lowest BCUT2D eigenvalue weighted by Crippen LogP contribution is -2.25. The van der Waals surface area contributed by atoms with Gasteiger partial charge in [0.05, 0.1) is 0 Å². The van der Waals surface area contributed by atoms with Crippen molar-refractivity contribution in [3.05, 3.63) is 0 Å². The highest BCUT2D eigenvalue weighted by Gasteiger charge is 2.10. The van der Waals surface area contributed by atoms with Crippen LogP contribution in [0.2, 0.25) is 6.04 Å². The molecule has 0 rings (SSSR count). The Kier molecular flexibility index (Phi) is 12.2. The molecule has 0 amide bonds. The maximum atomic E-state index is 5.60. The average molecular weight is 233 g/mol. The second-order valence-electron chi connectivity index (χ2n) is 3.59. The van der Waals surface area contributed by atoms with E-state index < -0.39 is 9.28 Å². The van der Waals surface area contributed by atoms with E-state index in [-0.39, 0.29) is 0 Å². The SMILES string of the molecule is CCCCNCCC[SiH](OCC)OCC. The van der Waals surface area contributed by atoms with Crippen LogP contribution in [0.1, 0.15) is 40.0 Å². The first-order valence-electron chi connectivity index (χ1n) is 6.29. The fraction of sp³-hybridized carbons (Fsp3) is 1.00. The molecule has 0 bridgehead atoms. The Balaban J connectivity index is 3.28. The van der Waals surface area contributed by atoms with Crippen molar-refractivity contribution in [3.8, 4) is 0 Å². The van der Waals surface area contributed by atoms with Gasteiger partial charge in [-0.1, -0.05) is 13.3 Å². The van der Waals surface area contributed by atoms with Crippen LogP contribution in [0, 0.1) is 0 Å². The molecular formula is C11H27NO2Si. The molecule has 0 unspecified atom stereocenters. The minimum absolute atomic E-state index is 0.792. The van der Waals surface area contributed by atoms with Gasteiger partial charge in [0, 0.05) is 13.2 Å². The number of nitrogens with one attached hydrogen (secondary N) is 1. The zero-order valence-corrected chi connectivity index (χ0v) is 11.7. The van der Waals surface area contributed by atoms with Gasteiger partial charge in [-0.25, -0.2) is 0 Å². The number of hydrogen-bond donors (Lipinski definition) is 1. The van der Waals surface area contributed by atoms with Crippen molar-refractivity contribution in [2.24, 2.45) is 0 Å². The Morgan fingerprint density at radius 2 is 1.53 bits per heavy atom. The van der Waals surface area contributed by atoms with E-state index in [4.69, 9.17) is 8.85 Å². The Morgan fingerprint density at radius 1 is 0.933 bits per heavy atom. The molecule has 0 heterocycles. The van der Waals surface area contributed by atoms with Gasteiger partial charge in [0.15, 0.2) is 0 Å². The summed E-state index contributed by atoms with van der Waals surface area (Å²) in [5.74, 6) is 0. The van der Waals surface area contributed by atoms with Gasteiger partial charge in [-0.2, -0.15) is 0 Å². The number of unbranched alkanes of at least 4 members (excludes halogenated alkanes) is 1. The predicted molar refractivity (Wildman–Crippen MR) is 67.6 cm³/mol. The largest absolute Gasteiger partial charge is 0.397 e. The van der Waals surface area contributed by atoms with Crippen molar-refractivity contribution >= 4 is 9.28 Å². The summed E-state index contributed by atoms with van der Waals surface area (Å²) in [6.07, 6.45) is 3.72. The van der Waals surface area contributed by atoms with E-state index in [9.17, 15) is 0 Å². The van der Waals surface area contributed by atoms with Gasteiger partial charge >= 0.3 is 9.28 Å². The molecule has 0 fully saturated rings. The molecule has 0 aliphatic carbocycles. The summed E-state index contributed by atoms with van der Waals surface area (Å²) in [4.78, 5) is 0. The average Bonchev–Trinajstić information content (AvgIpc) is 2.24. The number of rotatable bonds is 11. The molecule has 15 heavy (non-hydrogen) atoms. The Morgan fingerprint density at radius 3 is 2.07 bits per heavy atom. The molecule has 1 N–H and O–H groups in total. The van der Waals surface area contributed by atoms with Crippen molar-refractivity contribution in [1.82, 2.24) is 5.32 Å². The van der Waals surface area contributed by atoms with E-state index in [2.05, 4.69) is 12.2 Å². The topological polar surface area (TPSA) is 30.5 Å². The zero-order valence-electron chi connectivity index (χ0n) is 10.6. The molecule has 4 heteroatoms. The minimum Gasteiger partial charge on any atom is -0.397 e. The monoisotopic (exact) mass is 233 g/mol. The summed E-state index contributed by atoms with van der Waals surface area (Å²) in [7, 11) is -1.33. The highest BCUT2D eigenvalue weighted by molar-refractivity contribution is 6.44. The summed E-state index contributed by atoms with van der Waals surface area (Å²) < 4.78 is 11.2. The van der Waals surface area contributed by atoms with Crippen molar-refractivity contribution in [3.63, 3.8) is 0 Å². The normalized spacial score (nSPS) is 11.2. The van der Waals surface area contributed by atoms with Crippen LogP contribution in [0.4, 0.5) is 0 Å². The molecule has 3 nitrogen and oxygen atoms in total. The molecule has 0 aromatic carbocycles. The fourth-order valence-electron chi connectivity index (χ4n) is 1.41. The Bertz CT molecular complexity index is 119. The van der Waals surface area contributed by atoms with Gasteiger partial charge < -0.3 is 14.2 Å². The van der Waals surface area contributed by atoms with Gasteiger partial charge in [0.25, 0.3) is 0 Å². The molecule has 0 radical (unpaired) electrons. The van der Waals surface area contributed by atoms with Gasteiger partial charge in [-0.3, -0.25) is 0 Å².